The van der Waals surface area contributed by atoms with Gasteiger partial charge in [0.05, 0.1) is 5.75 Å². The van der Waals surface area contributed by atoms with Crippen molar-refractivity contribution in [3.05, 3.63) is 28.2 Å². The molecule has 2 aromatic rings. The second-order valence-corrected chi connectivity index (χ2v) is 6.41. The van der Waals surface area contributed by atoms with Crippen LogP contribution in [0.25, 0.3) is 0 Å². The van der Waals surface area contributed by atoms with Gasteiger partial charge in [0.1, 0.15) is 0 Å². The van der Waals surface area contributed by atoms with Crippen molar-refractivity contribution < 1.29 is 9.90 Å². The normalized spacial score (nSPS) is 10.4. The number of anilines is 2. The number of hydrogen-bond acceptors (Lipinski definition) is 6. The molecule has 0 spiro atoms. The Labute approximate surface area is 127 Å². The molecule has 5 nitrogen and oxygen atoms in total. The van der Waals surface area contributed by atoms with E-state index in [4.69, 9.17) is 28.3 Å². The molecule has 1 aromatic carbocycles. The summed E-state index contributed by atoms with van der Waals surface area (Å²) in [7, 11) is 0. The van der Waals surface area contributed by atoms with E-state index >= 15 is 0 Å². The SMILES string of the molecule is O=C(O)CSc1nnc(Nc2cc(Cl)cc(Cl)c2)s1. The number of rotatable bonds is 5. The van der Waals surface area contributed by atoms with Crippen LogP contribution in [-0.4, -0.2) is 27.0 Å². The highest BCUT2D eigenvalue weighted by Crippen LogP contribution is 2.29. The van der Waals surface area contributed by atoms with Gasteiger partial charge in [-0.1, -0.05) is 46.3 Å². The lowest BCUT2D eigenvalue weighted by molar-refractivity contribution is -0.133. The minimum Gasteiger partial charge on any atom is -0.481 e. The van der Waals surface area contributed by atoms with Crippen LogP contribution in [-0.2, 0) is 4.79 Å². The average Bonchev–Trinajstić information content (AvgIpc) is 2.72. The van der Waals surface area contributed by atoms with Gasteiger partial charge in [-0.25, -0.2) is 0 Å². The Morgan fingerprint density at radius 3 is 2.63 bits per heavy atom. The van der Waals surface area contributed by atoms with Crippen LogP contribution < -0.4 is 5.32 Å². The van der Waals surface area contributed by atoms with E-state index < -0.39 is 5.97 Å². The lowest BCUT2D eigenvalue weighted by Crippen LogP contribution is -1.96. The molecule has 0 amide bonds. The predicted molar refractivity (Wildman–Crippen MR) is 78.0 cm³/mol. The maximum absolute atomic E-state index is 10.4. The smallest absolute Gasteiger partial charge is 0.313 e. The summed E-state index contributed by atoms with van der Waals surface area (Å²) in [6, 6.07) is 5.04. The van der Waals surface area contributed by atoms with Crippen LogP contribution in [0.2, 0.25) is 10.0 Å². The van der Waals surface area contributed by atoms with Crippen LogP contribution in [0.5, 0.6) is 0 Å². The Balaban J connectivity index is 2.05. The van der Waals surface area contributed by atoms with Gasteiger partial charge in [-0.15, -0.1) is 10.2 Å². The highest BCUT2D eigenvalue weighted by molar-refractivity contribution is 8.01. The Hall–Kier alpha value is -1.02. The Kier molecular flexibility index (Phi) is 4.87. The van der Waals surface area contributed by atoms with Crippen molar-refractivity contribution in [2.45, 2.75) is 4.34 Å². The van der Waals surface area contributed by atoms with Crippen molar-refractivity contribution in [1.29, 1.82) is 0 Å². The fraction of sp³-hybridized carbons (Fsp3) is 0.100. The summed E-state index contributed by atoms with van der Waals surface area (Å²) in [5.74, 6) is -0.936. The van der Waals surface area contributed by atoms with E-state index in [1.807, 2.05) is 0 Å². The summed E-state index contributed by atoms with van der Waals surface area (Å²) < 4.78 is 0.582. The Morgan fingerprint density at radius 1 is 1.32 bits per heavy atom. The third-order valence-corrected chi connectivity index (χ3v) is 4.23. The largest absolute Gasteiger partial charge is 0.481 e. The highest BCUT2D eigenvalue weighted by Gasteiger charge is 2.08. The van der Waals surface area contributed by atoms with Gasteiger partial charge in [0.2, 0.25) is 5.13 Å². The number of carboxylic acids is 1. The van der Waals surface area contributed by atoms with Crippen LogP contribution in [0, 0.1) is 0 Å². The number of carbonyl (C=O) groups is 1. The first-order valence-corrected chi connectivity index (χ1v) is 7.50. The van der Waals surface area contributed by atoms with Crippen LogP contribution in [0.3, 0.4) is 0 Å². The zero-order valence-electron chi connectivity index (χ0n) is 9.26. The van der Waals surface area contributed by atoms with E-state index in [9.17, 15) is 4.79 Å². The molecular weight excluding hydrogens is 329 g/mol. The summed E-state index contributed by atoms with van der Waals surface area (Å²) in [4.78, 5) is 10.4. The van der Waals surface area contributed by atoms with Crippen LogP contribution in [0.15, 0.2) is 22.5 Å². The fourth-order valence-electron chi connectivity index (χ4n) is 1.19. The Morgan fingerprint density at radius 2 is 2.00 bits per heavy atom. The first-order valence-electron chi connectivity index (χ1n) is 4.94. The number of halogens is 2. The molecule has 0 atom stereocenters. The first-order chi connectivity index (χ1) is 9.02. The average molecular weight is 336 g/mol. The maximum atomic E-state index is 10.4. The number of nitrogens with one attached hydrogen (secondary N) is 1. The second-order valence-electron chi connectivity index (χ2n) is 3.34. The fourth-order valence-corrected chi connectivity index (χ4v) is 3.21. The van der Waals surface area contributed by atoms with E-state index in [2.05, 4.69) is 15.5 Å². The third-order valence-electron chi connectivity index (χ3n) is 1.84. The highest BCUT2D eigenvalue weighted by atomic mass is 35.5. The minimum absolute atomic E-state index is 0.0440. The summed E-state index contributed by atoms with van der Waals surface area (Å²) in [5.41, 5.74) is 0.698. The molecule has 2 N–H and O–H groups in total. The van der Waals surface area contributed by atoms with Gasteiger partial charge in [-0.3, -0.25) is 4.79 Å². The van der Waals surface area contributed by atoms with Crippen molar-refractivity contribution in [1.82, 2.24) is 10.2 Å². The summed E-state index contributed by atoms with van der Waals surface area (Å²) >= 11 is 14.1. The van der Waals surface area contributed by atoms with E-state index in [0.29, 0.717) is 25.2 Å². The molecule has 0 saturated carbocycles. The van der Waals surface area contributed by atoms with Gasteiger partial charge >= 0.3 is 5.97 Å². The zero-order chi connectivity index (χ0) is 13.8. The number of thioether (sulfide) groups is 1. The Bertz CT molecular complexity index is 586. The van der Waals surface area contributed by atoms with Gasteiger partial charge in [0.25, 0.3) is 0 Å². The van der Waals surface area contributed by atoms with Crippen LogP contribution >= 0.6 is 46.3 Å². The quantitative estimate of drug-likeness (QED) is 0.810. The standard InChI is InChI=1S/C10H7Cl2N3O2S2/c11-5-1-6(12)3-7(2-5)13-9-14-15-10(19-9)18-4-8(16)17/h1-3H,4H2,(H,13,14)(H,16,17). The van der Waals surface area contributed by atoms with E-state index in [1.165, 1.54) is 11.3 Å². The molecule has 19 heavy (non-hydrogen) atoms. The van der Waals surface area contributed by atoms with Crippen molar-refractivity contribution >= 4 is 63.1 Å². The van der Waals surface area contributed by atoms with E-state index in [1.54, 1.807) is 18.2 Å². The molecule has 2 rings (SSSR count). The molecule has 0 saturated heterocycles. The molecular formula is C10H7Cl2N3O2S2. The number of hydrogen-bond donors (Lipinski definition) is 2. The lowest BCUT2D eigenvalue weighted by Gasteiger charge is -2.02. The first kappa shape index (κ1) is 14.4. The molecule has 0 unspecified atom stereocenters. The number of carboxylic acid groups (broad SMARTS) is 1. The molecule has 0 aliphatic heterocycles. The minimum atomic E-state index is -0.892. The van der Waals surface area contributed by atoms with Gasteiger partial charge in [0, 0.05) is 15.7 Å². The molecule has 0 aliphatic rings. The number of aromatic nitrogens is 2. The van der Waals surface area contributed by atoms with Crippen LogP contribution in [0.1, 0.15) is 0 Å². The summed E-state index contributed by atoms with van der Waals surface area (Å²) in [6.45, 7) is 0. The predicted octanol–water partition coefficient (Wildman–Crippen LogP) is 3.77. The van der Waals surface area contributed by atoms with E-state index in [-0.39, 0.29) is 5.75 Å². The van der Waals surface area contributed by atoms with Crippen molar-refractivity contribution in [3.63, 3.8) is 0 Å². The molecule has 100 valence electrons. The van der Waals surface area contributed by atoms with Crippen molar-refractivity contribution in [2.24, 2.45) is 0 Å². The molecule has 1 aromatic heterocycles. The zero-order valence-corrected chi connectivity index (χ0v) is 12.4. The van der Waals surface area contributed by atoms with Crippen molar-refractivity contribution in [2.75, 3.05) is 11.1 Å². The number of benzene rings is 1. The second kappa shape index (κ2) is 6.42. The van der Waals surface area contributed by atoms with Gasteiger partial charge < -0.3 is 10.4 Å². The van der Waals surface area contributed by atoms with Gasteiger partial charge in [-0.05, 0) is 18.2 Å². The topological polar surface area (TPSA) is 75.1 Å². The number of aliphatic carboxylic acids is 1. The van der Waals surface area contributed by atoms with Gasteiger partial charge in [-0.2, -0.15) is 0 Å². The molecule has 0 bridgehead atoms. The van der Waals surface area contributed by atoms with E-state index in [0.717, 1.165) is 11.8 Å². The molecule has 1 heterocycles. The number of nitrogens with zero attached hydrogens (tertiary/aromatic N) is 2. The summed E-state index contributed by atoms with van der Waals surface area (Å²) in [6.07, 6.45) is 0. The lowest BCUT2D eigenvalue weighted by atomic mass is 10.3. The van der Waals surface area contributed by atoms with Crippen LogP contribution in [0.4, 0.5) is 10.8 Å². The monoisotopic (exact) mass is 335 g/mol. The van der Waals surface area contributed by atoms with Gasteiger partial charge in [0.15, 0.2) is 4.34 Å². The molecule has 0 aliphatic carbocycles. The molecule has 9 heteroatoms. The molecule has 0 radical (unpaired) electrons. The third kappa shape index (κ3) is 4.54. The summed E-state index contributed by atoms with van der Waals surface area (Å²) in [5, 5.41) is 20.9. The maximum Gasteiger partial charge on any atom is 0.313 e. The van der Waals surface area contributed by atoms with Crippen molar-refractivity contribution in [3.8, 4) is 0 Å². The molecule has 0 fully saturated rings.